The van der Waals surface area contributed by atoms with Gasteiger partial charge >= 0.3 is 5.97 Å². The van der Waals surface area contributed by atoms with Crippen molar-refractivity contribution in [1.82, 2.24) is 4.31 Å². The van der Waals surface area contributed by atoms with E-state index in [0.29, 0.717) is 44.0 Å². The van der Waals surface area contributed by atoms with Crippen LogP contribution in [0.5, 0.6) is 0 Å². The van der Waals surface area contributed by atoms with Crippen LogP contribution in [0.1, 0.15) is 38.3 Å². The van der Waals surface area contributed by atoms with Gasteiger partial charge in [-0.2, -0.15) is 4.31 Å². The standard InChI is InChI=1S/C24H33N3O4S/c1-24(2,3)31-23(28)13-15-26(17-14-25)22-11-7-8-19-18-27(16-12-21(19)22)32(29,30)20-9-5-4-6-10-20/h4-11H,12-18,25H2,1-3H3. The lowest BCUT2D eigenvalue weighted by atomic mass is 9.98. The average molecular weight is 460 g/mol. The van der Waals surface area contributed by atoms with E-state index in [1.54, 1.807) is 30.3 Å². The number of carbonyl (C=O) groups is 1. The van der Waals surface area contributed by atoms with Gasteiger partial charge in [0.25, 0.3) is 0 Å². The number of carbonyl (C=O) groups excluding carboxylic acids is 1. The van der Waals surface area contributed by atoms with Crippen molar-refractivity contribution >= 4 is 21.7 Å². The van der Waals surface area contributed by atoms with Gasteiger partial charge in [0.2, 0.25) is 10.0 Å². The van der Waals surface area contributed by atoms with Gasteiger partial charge in [-0.3, -0.25) is 4.79 Å². The second-order valence-electron chi connectivity index (χ2n) is 8.93. The molecule has 0 aromatic heterocycles. The fourth-order valence-corrected chi connectivity index (χ4v) is 5.37. The quantitative estimate of drug-likeness (QED) is 0.610. The third-order valence-electron chi connectivity index (χ3n) is 5.33. The zero-order valence-corrected chi connectivity index (χ0v) is 19.9. The number of hydrogen-bond donors (Lipinski definition) is 1. The predicted octanol–water partition coefficient (Wildman–Crippen LogP) is 2.93. The molecule has 0 bridgehead atoms. The predicted molar refractivity (Wildman–Crippen MR) is 126 cm³/mol. The normalized spacial score (nSPS) is 14.6. The first-order valence-corrected chi connectivity index (χ1v) is 12.4. The molecule has 0 radical (unpaired) electrons. The third kappa shape index (κ3) is 5.88. The van der Waals surface area contributed by atoms with Crippen LogP contribution in [0.4, 0.5) is 5.69 Å². The highest BCUT2D eigenvalue weighted by molar-refractivity contribution is 7.89. The Morgan fingerprint density at radius 1 is 1.09 bits per heavy atom. The molecule has 0 fully saturated rings. The number of ether oxygens (including phenoxy) is 1. The molecule has 2 N–H and O–H groups in total. The van der Waals surface area contributed by atoms with E-state index in [-0.39, 0.29) is 12.4 Å². The number of benzene rings is 2. The van der Waals surface area contributed by atoms with Crippen LogP contribution in [0, 0.1) is 0 Å². The van der Waals surface area contributed by atoms with Crippen molar-refractivity contribution in [3.8, 4) is 0 Å². The molecule has 2 aromatic rings. The molecule has 0 saturated heterocycles. The summed E-state index contributed by atoms with van der Waals surface area (Å²) in [6.07, 6.45) is 0.862. The van der Waals surface area contributed by atoms with Gasteiger partial charge in [-0.1, -0.05) is 30.3 Å². The van der Waals surface area contributed by atoms with Crippen LogP contribution in [0.3, 0.4) is 0 Å². The molecule has 0 unspecified atom stereocenters. The van der Waals surface area contributed by atoms with Gasteiger partial charge in [0.15, 0.2) is 0 Å². The number of sulfonamides is 1. The monoisotopic (exact) mass is 459 g/mol. The molecule has 2 aromatic carbocycles. The minimum atomic E-state index is -3.55. The Morgan fingerprint density at radius 3 is 2.47 bits per heavy atom. The lowest BCUT2D eigenvalue weighted by Crippen LogP contribution is -2.38. The fourth-order valence-electron chi connectivity index (χ4n) is 3.93. The molecule has 0 spiro atoms. The van der Waals surface area contributed by atoms with Crippen LogP contribution >= 0.6 is 0 Å². The molecule has 0 aliphatic carbocycles. The van der Waals surface area contributed by atoms with E-state index in [1.807, 2.05) is 39.0 Å². The first-order chi connectivity index (χ1) is 15.1. The average Bonchev–Trinajstić information content (AvgIpc) is 2.75. The first kappa shape index (κ1) is 24.2. The molecule has 0 amide bonds. The van der Waals surface area contributed by atoms with Crippen LogP contribution < -0.4 is 10.6 Å². The maximum absolute atomic E-state index is 13.1. The van der Waals surface area contributed by atoms with Crippen molar-refractivity contribution in [2.75, 3.05) is 31.1 Å². The van der Waals surface area contributed by atoms with Gasteiger partial charge in [0, 0.05) is 38.4 Å². The van der Waals surface area contributed by atoms with Gasteiger partial charge in [0.05, 0.1) is 11.3 Å². The van der Waals surface area contributed by atoms with Crippen LogP contribution in [0.2, 0.25) is 0 Å². The van der Waals surface area contributed by atoms with E-state index >= 15 is 0 Å². The zero-order valence-electron chi connectivity index (χ0n) is 19.1. The van der Waals surface area contributed by atoms with E-state index in [0.717, 1.165) is 16.8 Å². The number of hydrogen-bond acceptors (Lipinski definition) is 6. The number of esters is 1. The van der Waals surface area contributed by atoms with E-state index in [9.17, 15) is 13.2 Å². The number of fused-ring (bicyclic) bond motifs is 1. The van der Waals surface area contributed by atoms with Crippen LogP contribution in [0.15, 0.2) is 53.4 Å². The van der Waals surface area contributed by atoms with Gasteiger partial charge in [0.1, 0.15) is 5.60 Å². The highest BCUT2D eigenvalue weighted by Gasteiger charge is 2.30. The molecule has 8 heteroatoms. The summed E-state index contributed by atoms with van der Waals surface area (Å²) in [4.78, 5) is 14.6. The summed E-state index contributed by atoms with van der Waals surface area (Å²) in [6.45, 7) is 7.83. The van der Waals surface area contributed by atoms with E-state index < -0.39 is 15.6 Å². The maximum atomic E-state index is 13.1. The van der Waals surface area contributed by atoms with Crippen LogP contribution in [-0.2, 0) is 32.5 Å². The molecule has 7 nitrogen and oxygen atoms in total. The fraction of sp³-hybridized carbons (Fsp3) is 0.458. The summed E-state index contributed by atoms with van der Waals surface area (Å²) >= 11 is 0. The Bertz CT molecular complexity index is 1030. The Labute approximate surface area is 191 Å². The van der Waals surface area contributed by atoms with Crippen molar-refractivity contribution in [2.45, 2.75) is 50.7 Å². The lowest BCUT2D eigenvalue weighted by Gasteiger charge is -2.33. The Balaban J connectivity index is 1.79. The number of nitrogens with zero attached hydrogens (tertiary/aromatic N) is 2. The Kier molecular flexibility index (Phi) is 7.59. The molecule has 1 aliphatic heterocycles. The van der Waals surface area contributed by atoms with Gasteiger partial charge in [-0.25, -0.2) is 8.42 Å². The summed E-state index contributed by atoms with van der Waals surface area (Å²) in [5.41, 5.74) is 8.43. The largest absolute Gasteiger partial charge is 0.460 e. The minimum absolute atomic E-state index is 0.246. The SMILES string of the molecule is CC(C)(C)OC(=O)CCN(CCN)c1cccc2c1CCN(S(=O)(=O)c1ccccc1)C2. The topological polar surface area (TPSA) is 92.9 Å². The molecule has 32 heavy (non-hydrogen) atoms. The van der Waals surface area contributed by atoms with Crippen molar-refractivity contribution in [1.29, 1.82) is 0 Å². The van der Waals surface area contributed by atoms with Crippen molar-refractivity contribution in [2.24, 2.45) is 5.73 Å². The van der Waals surface area contributed by atoms with E-state index in [4.69, 9.17) is 10.5 Å². The summed E-state index contributed by atoms with van der Waals surface area (Å²) in [6, 6.07) is 14.5. The van der Waals surface area contributed by atoms with Gasteiger partial charge in [-0.05, 0) is 56.5 Å². The van der Waals surface area contributed by atoms with Gasteiger partial charge < -0.3 is 15.4 Å². The number of rotatable bonds is 8. The number of anilines is 1. The molecular formula is C24H33N3O4S. The van der Waals surface area contributed by atoms with Crippen LogP contribution in [-0.4, -0.2) is 50.5 Å². The summed E-state index contributed by atoms with van der Waals surface area (Å²) < 4.78 is 33.1. The molecule has 0 atom stereocenters. The molecule has 0 saturated carbocycles. The second kappa shape index (κ2) is 10.0. The summed E-state index contributed by atoms with van der Waals surface area (Å²) in [7, 11) is -3.55. The third-order valence-corrected chi connectivity index (χ3v) is 7.19. The summed E-state index contributed by atoms with van der Waals surface area (Å²) in [5.74, 6) is -0.246. The molecule has 1 aliphatic rings. The van der Waals surface area contributed by atoms with Crippen molar-refractivity contribution in [3.63, 3.8) is 0 Å². The molecule has 3 rings (SSSR count). The zero-order chi connectivity index (χ0) is 23.4. The summed E-state index contributed by atoms with van der Waals surface area (Å²) in [5, 5.41) is 0. The Hall–Kier alpha value is -2.42. The van der Waals surface area contributed by atoms with Crippen molar-refractivity contribution in [3.05, 3.63) is 59.7 Å². The lowest BCUT2D eigenvalue weighted by molar-refractivity contribution is -0.154. The van der Waals surface area contributed by atoms with Crippen LogP contribution in [0.25, 0.3) is 0 Å². The second-order valence-corrected chi connectivity index (χ2v) is 10.9. The molecular weight excluding hydrogens is 426 g/mol. The van der Waals surface area contributed by atoms with Gasteiger partial charge in [-0.15, -0.1) is 0 Å². The first-order valence-electron chi connectivity index (χ1n) is 10.9. The van der Waals surface area contributed by atoms with E-state index in [2.05, 4.69) is 4.90 Å². The smallest absolute Gasteiger partial charge is 0.308 e. The van der Waals surface area contributed by atoms with Crippen molar-refractivity contribution < 1.29 is 17.9 Å². The minimum Gasteiger partial charge on any atom is -0.460 e. The Morgan fingerprint density at radius 2 is 1.81 bits per heavy atom. The number of nitrogens with two attached hydrogens (primary N) is 1. The maximum Gasteiger partial charge on any atom is 0.308 e. The molecule has 1 heterocycles. The molecule has 174 valence electrons. The van der Waals surface area contributed by atoms with E-state index in [1.165, 1.54) is 4.31 Å². The highest BCUT2D eigenvalue weighted by Crippen LogP contribution is 2.31. The highest BCUT2D eigenvalue weighted by atomic mass is 32.2.